The molecular weight excluding hydrogens is 234 g/mol. The number of nitrogens with one attached hydrogen (secondary N) is 1. The van der Waals surface area contributed by atoms with Gasteiger partial charge in [-0.05, 0) is 30.7 Å². The Bertz CT molecular complexity index is 548. The standard InChI is InChI=1S/C17H17NO/c1-17(13-8-14-19,15-9-4-2-5-10-15)18-16-11-6-3-7-12-16/h2-14,18H,1H3. The summed E-state index contributed by atoms with van der Waals surface area (Å²) in [5.74, 6) is 0. The molecule has 0 radical (unpaired) electrons. The van der Waals surface area contributed by atoms with Crippen LogP contribution in [0.15, 0.2) is 72.8 Å². The van der Waals surface area contributed by atoms with Crippen molar-refractivity contribution in [3.63, 3.8) is 0 Å². The monoisotopic (exact) mass is 251 g/mol. The van der Waals surface area contributed by atoms with Crippen LogP contribution >= 0.6 is 0 Å². The van der Waals surface area contributed by atoms with Crippen molar-refractivity contribution in [3.8, 4) is 0 Å². The minimum atomic E-state index is -0.413. The predicted octanol–water partition coefficient (Wildman–Crippen LogP) is 3.77. The van der Waals surface area contributed by atoms with Crippen molar-refractivity contribution >= 4 is 12.0 Å². The van der Waals surface area contributed by atoms with Gasteiger partial charge in [0.1, 0.15) is 6.29 Å². The van der Waals surface area contributed by atoms with Crippen molar-refractivity contribution in [1.82, 2.24) is 0 Å². The van der Waals surface area contributed by atoms with Gasteiger partial charge in [0.2, 0.25) is 0 Å². The number of carbonyl (C=O) groups excluding carboxylic acids is 1. The molecule has 2 aromatic carbocycles. The topological polar surface area (TPSA) is 29.1 Å². The Balaban J connectivity index is 2.35. The van der Waals surface area contributed by atoms with E-state index in [9.17, 15) is 4.79 Å². The number of anilines is 1. The van der Waals surface area contributed by atoms with Gasteiger partial charge >= 0.3 is 0 Å². The van der Waals surface area contributed by atoms with E-state index in [0.29, 0.717) is 0 Å². The van der Waals surface area contributed by atoms with E-state index in [2.05, 4.69) is 12.2 Å². The number of carbonyl (C=O) groups is 1. The lowest BCUT2D eigenvalue weighted by Gasteiger charge is -2.29. The number of aldehydes is 1. The molecule has 0 aliphatic rings. The molecule has 0 bridgehead atoms. The lowest BCUT2D eigenvalue weighted by atomic mass is 9.91. The molecule has 0 aromatic heterocycles. The lowest BCUT2D eigenvalue weighted by Crippen LogP contribution is -2.29. The third kappa shape index (κ3) is 3.32. The summed E-state index contributed by atoms with van der Waals surface area (Å²) < 4.78 is 0. The molecular formula is C17H17NO. The second kappa shape index (κ2) is 6.01. The van der Waals surface area contributed by atoms with Crippen LogP contribution in [0.3, 0.4) is 0 Å². The molecule has 19 heavy (non-hydrogen) atoms. The zero-order chi connectivity index (χ0) is 13.6. The number of allylic oxidation sites excluding steroid dienone is 1. The molecule has 0 fully saturated rings. The lowest BCUT2D eigenvalue weighted by molar-refractivity contribution is -0.104. The number of rotatable bonds is 5. The molecule has 0 aliphatic heterocycles. The van der Waals surface area contributed by atoms with Gasteiger partial charge in [0.15, 0.2) is 0 Å². The first kappa shape index (κ1) is 13.1. The maximum absolute atomic E-state index is 10.6. The van der Waals surface area contributed by atoms with Gasteiger partial charge in [-0.2, -0.15) is 0 Å². The van der Waals surface area contributed by atoms with Gasteiger partial charge in [-0.25, -0.2) is 0 Å². The Morgan fingerprint density at radius 2 is 1.53 bits per heavy atom. The minimum absolute atomic E-state index is 0.413. The van der Waals surface area contributed by atoms with Crippen LogP contribution in [0.2, 0.25) is 0 Å². The van der Waals surface area contributed by atoms with Gasteiger partial charge < -0.3 is 5.32 Å². The summed E-state index contributed by atoms with van der Waals surface area (Å²) in [5, 5.41) is 3.46. The van der Waals surface area contributed by atoms with Gasteiger partial charge in [-0.1, -0.05) is 54.6 Å². The Morgan fingerprint density at radius 3 is 2.11 bits per heavy atom. The molecule has 0 heterocycles. The fourth-order valence-corrected chi connectivity index (χ4v) is 2.05. The molecule has 0 saturated heterocycles. The van der Waals surface area contributed by atoms with Gasteiger partial charge in [-0.15, -0.1) is 0 Å². The zero-order valence-corrected chi connectivity index (χ0v) is 10.9. The molecule has 2 rings (SSSR count). The Morgan fingerprint density at radius 1 is 0.947 bits per heavy atom. The number of para-hydroxylation sites is 1. The second-order valence-corrected chi connectivity index (χ2v) is 4.55. The zero-order valence-electron chi connectivity index (χ0n) is 10.9. The third-order valence-corrected chi connectivity index (χ3v) is 3.06. The first-order valence-electron chi connectivity index (χ1n) is 6.26. The summed E-state index contributed by atoms with van der Waals surface area (Å²) >= 11 is 0. The molecule has 1 N–H and O–H groups in total. The molecule has 2 aromatic rings. The Kier molecular flexibility index (Phi) is 4.14. The predicted molar refractivity (Wildman–Crippen MR) is 79.1 cm³/mol. The molecule has 1 unspecified atom stereocenters. The summed E-state index contributed by atoms with van der Waals surface area (Å²) in [6.07, 6.45) is 4.21. The number of hydrogen-bond acceptors (Lipinski definition) is 2. The van der Waals surface area contributed by atoms with Gasteiger partial charge in [-0.3, -0.25) is 4.79 Å². The first-order chi connectivity index (χ1) is 9.24. The molecule has 0 spiro atoms. The van der Waals surface area contributed by atoms with Gasteiger partial charge in [0.25, 0.3) is 0 Å². The fourth-order valence-electron chi connectivity index (χ4n) is 2.05. The van der Waals surface area contributed by atoms with E-state index < -0.39 is 5.54 Å². The average Bonchev–Trinajstić information content (AvgIpc) is 2.47. The highest BCUT2D eigenvalue weighted by Gasteiger charge is 2.22. The smallest absolute Gasteiger partial charge is 0.142 e. The summed E-state index contributed by atoms with van der Waals surface area (Å²) in [6, 6.07) is 20.0. The van der Waals surface area contributed by atoms with Crippen molar-refractivity contribution in [1.29, 1.82) is 0 Å². The van der Waals surface area contributed by atoms with Crippen LogP contribution in [0, 0.1) is 0 Å². The molecule has 0 saturated carbocycles. The molecule has 2 nitrogen and oxygen atoms in total. The quantitative estimate of drug-likeness (QED) is 0.647. The fraction of sp³-hybridized carbons (Fsp3) is 0.118. The molecule has 96 valence electrons. The van der Waals surface area contributed by atoms with E-state index >= 15 is 0 Å². The van der Waals surface area contributed by atoms with E-state index in [-0.39, 0.29) is 0 Å². The SMILES string of the molecule is CC(C=CC=O)(Nc1ccccc1)c1ccccc1. The van der Waals surface area contributed by atoms with E-state index in [1.54, 1.807) is 0 Å². The Labute approximate surface area is 113 Å². The molecule has 1 atom stereocenters. The van der Waals surface area contributed by atoms with Crippen molar-refractivity contribution in [2.75, 3.05) is 5.32 Å². The van der Waals surface area contributed by atoms with Crippen LogP contribution in [-0.2, 0) is 10.3 Å². The van der Waals surface area contributed by atoms with Gasteiger partial charge in [0, 0.05) is 5.69 Å². The number of benzene rings is 2. The van der Waals surface area contributed by atoms with Crippen LogP contribution in [0.25, 0.3) is 0 Å². The van der Waals surface area contributed by atoms with E-state index in [4.69, 9.17) is 0 Å². The normalized spacial score (nSPS) is 13.9. The Hall–Kier alpha value is -2.35. The molecule has 0 amide bonds. The minimum Gasteiger partial charge on any atom is -0.372 e. The molecule has 0 aliphatic carbocycles. The van der Waals surface area contributed by atoms with E-state index in [1.807, 2.05) is 66.7 Å². The maximum atomic E-state index is 10.6. The van der Waals surface area contributed by atoms with Crippen molar-refractivity contribution in [3.05, 3.63) is 78.4 Å². The summed E-state index contributed by atoms with van der Waals surface area (Å²) in [4.78, 5) is 10.6. The summed E-state index contributed by atoms with van der Waals surface area (Å²) in [5.41, 5.74) is 1.71. The highest BCUT2D eigenvalue weighted by molar-refractivity contribution is 5.66. The highest BCUT2D eigenvalue weighted by Crippen LogP contribution is 2.27. The molecule has 2 heteroatoms. The van der Waals surface area contributed by atoms with E-state index in [1.165, 1.54) is 6.08 Å². The van der Waals surface area contributed by atoms with Crippen molar-refractivity contribution in [2.45, 2.75) is 12.5 Å². The summed E-state index contributed by atoms with van der Waals surface area (Å²) in [6.45, 7) is 2.05. The second-order valence-electron chi connectivity index (χ2n) is 4.55. The van der Waals surface area contributed by atoms with Crippen LogP contribution < -0.4 is 5.32 Å². The van der Waals surface area contributed by atoms with Crippen LogP contribution in [0.4, 0.5) is 5.69 Å². The first-order valence-corrected chi connectivity index (χ1v) is 6.26. The van der Waals surface area contributed by atoms with Crippen LogP contribution in [0.1, 0.15) is 12.5 Å². The maximum Gasteiger partial charge on any atom is 0.142 e. The van der Waals surface area contributed by atoms with Crippen LogP contribution in [-0.4, -0.2) is 6.29 Å². The van der Waals surface area contributed by atoms with E-state index in [0.717, 1.165) is 17.5 Å². The number of hydrogen-bond donors (Lipinski definition) is 1. The van der Waals surface area contributed by atoms with Gasteiger partial charge in [0.05, 0.1) is 5.54 Å². The van der Waals surface area contributed by atoms with Crippen LogP contribution in [0.5, 0.6) is 0 Å². The van der Waals surface area contributed by atoms with Crippen molar-refractivity contribution in [2.24, 2.45) is 0 Å². The average molecular weight is 251 g/mol. The van der Waals surface area contributed by atoms with Crippen molar-refractivity contribution < 1.29 is 4.79 Å². The summed E-state index contributed by atoms with van der Waals surface area (Å²) in [7, 11) is 0. The highest BCUT2D eigenvalue weighted by atomic mass is 16.1. The third-order valence-electron chi connectivity index (χ3n) is 3.06. The largest absolute Gasteiger partial charge is 0.372 e.